The molecule has 0 aliphatic heterocycles. The molecule has 0 aliphatic carbocycles. The molecule has 76 valence electrons. The van der Waals surface area contributed by atoms with Gasteiger partial charge in [-0.15, -0.1) is 0 Å². The number of phosphoric acid groups is 2. The van der Waals surface area contributed by atoms with Crippen LogP contribution in [0.15, 0.2) is 0 Å². The fraction of sp³-hybridized carbons (Fsp3) is 0. The van der Waals surface area contributed by atoms with Crippen LogP contribution in [0.3, 0.4) is 0 Å². The third kappa shape index (κ3) is 689. The molecule has 0 aromatic heterocycles. The van der Waals surface area contributed by atoms with Crippen LogP contribution in [0, 0.1) is 0 Å². The number of hydrogen-bond acceptors (Lipinski definition) is 2. The Morgan fingerprint density at radius 2 is 0.667 bits per heavy atom. The van der Waals surface area contributed by atoms with Crippen LogP contribution < -0.4 is 0 Å². The van der Waals surface area contributed by atoms with Crippen LogP contribution in [0.2, 0.25) is 0 Å². The van der Waals surface area contributed by atoms with Crippen molar-refractivity contribution in [3.05, 3.63) is 0 Å². The molecular formula is H6MnO8P2V. The van der Waals surface area contributed by atoms with Crippen LogP contribution in [-0.2, 0) is 44.8 Å². The van der Waals surface area contributed by atoms with Gasteiger partial charge in [0.1, 0.15) is 0 Å². The van der Waals surface area contributed by atoms with E-state index in [9.17, 15) is 0 Å². The minimum atomic E-state index is -4.64. The first-order valence-electron chi connectivity index (χ1n) is 1.57. The zero-order chi connectivity index (χ0) is 9.00. The van der Waals surface area contributed by atoms with Gasteiger partial charge in [-0.1, -0.05) is 0 Å². The second-order valence-electron chi connectivity index (χ2n) is 1.03. The average Bonchev–Trinajstić information content (AvgIpc) is 1.12. The Labute approximate surface area is 89.8 Å². The fourth-order valence-corrected chi connectivity index (χ4v) is 0. The van der Waals surface area contributed by atoms with Gasteiger partial charge in [0.15, 0.2) is 0 Å². The fourth-order valence-electron chi connectivity index (χ4n) is 0. The third-order valence-corrected chi connectivity index (χ3v) is 0. The zero-order valence-electron chi connectivity index (χ0n) is 5.22. The van der Waals surface area contributed by atoms with E-state index in [4.69, 9.17) is 38.5 Å². The van der Waals surface area contributed by atoms with Crippen molar-refractivity contribution in [3.63, 3.8) is 0 Å². The van der Waals surface area contributed by atoms with Crippen molar-refractivity contribution < 1.29 is 74.1 Å². The van der Waals surface area contributed by atoms with E-state index in [2.05, 4.69) is 0 Å². The number of rotatable bonds is 0. The minimum absolute atomic E-state index is 0. The van der Waals surface area contributed by atoms with Crippen molar-refractivity contribution in [2.45, 2.75) is 0 Å². The van der Waals surface area contributed by atoms with E-state index in [0.29, 0.717) is 0 Å². The largest absolute Gasteiger partial charge is 0.466 e. The zero-order valence-corrected chi connectivity index (χ0v) is 9.59. The Balaban J connectivity index is -0.0000000457. The summed E-state index contributed by atoms with van der Waals surface area (Å²) in [6.07, 6.45) is 0. The van der Waals surface area contributed by atoms with Crippen LogP contribution in [-0.4, -0.2) is 29.4 Å². The van der Waals surface area contributed by atoms with E-state index in [1.165, 1.54) is 0 Å². The molecule has 0 atom stereocenters. The summed E-state index contributed by atoms with van der Waals surface area (Å²) in [7, 11) is -9.28. The van der Waals surface area contributed by atoms with Gasteiger partial charge in [-0.3, -0.25) is 0 Å². The van der Waals surface area contributed by atoms with Crippen LogP contribution in [0.25, 0.3) is 0 Å². The van der Waals surface area contributed by atoms with E-state index in [-0.39, 0.29) is 35.6 Å². The molecule has 0 aromatic rings. The molecule has 12 heteroatoms. The Morgan fingerprint density at radius 1 is 0.667 bits per heavy atom. The van der Waals surface area contributed by atoms with Crippen molar-refractivity contribution in [1.82, 2.24) is 0 Å². The number of hydrogen-bond donors (Lipinski definition) is 6. The molecule has 8 nitrogen and oxygen atoms in total. The maximum Gasteiger partial charge on any atom is 0.466 e. The van der Waals surface area contributed by atoms with Gasteiger partial charge in [0.05, 0.1) is 0 Å². The molecular weight excluding hydrogens is 296 g/mol. The standard InChI is InChI=1S/Mn.2H3O4P.V/c;2*1-5(2,3)4;/h;2*(H3,1,2,3,4);. The van der Waals surface area contributed by atoms with Crippen molar-refractivity contribution >= 4 is 15.6 Å². The Kier molecular flexibility index (Phi) is 17.3. The molecule has 2 radical (unpaired) electrons. The summed E-state index contributed by atoms with van der Waals surface area (Å²) in [6, 6.07) is 0. The second kappa shape index (κ2) is 8.90. The summed E-state index contributed by atoms with van der Waals surface area (Å²) in [5.74, 6) is 0. The predicted octanol–water partition coefficient (Wildman–Crippen LogP) is -1.86. The van der Waals surface area contributed by atoms with Crippen LogP contribution >= 0.6 is 15.6 Å². The molecule has 0 aromatic carbocycles. The molecule has 0 spiro atoms. The van der Waals surface area contributed by atoms with E-state index in [0.717, 1.165) is 0 Å². The van der Waals surface area contributed by atoms with E-state index < -0.39 is 15.6 Å². The van der Waals surface area contributed by atoms with Crippen molar-refractivity contribution in [2.24, 2.45) is 0 Å². The normalized spacial score (nSPS) is 9.83. The monoisotopic (exact) mass is 302 g/mol. The molecule has 0 amide bonds. The van der Waals surface area contributed by atoms with Crippen molar-refractivity contribution in [1.29, 1.82) is 0 Å². The average molecular weight is 302 g/mol. The van der Waals surface area contributed by atoms with Crippen LogP contribution in [0.4, 0.5) is 0 Å². The summed E-state index contributed by atoms with van der Waals surface area (Å²) < 4.78 is 17.8. The third-order valence-electron chi connectivity index (χ3n) is 0. The van der Waals surface area contributed by atoms with Gasteiger partial charge in [-0.05, 0) is 0 Å². The SMILES string of the molecule is O=P(O)(O)O.O=P(O)(O)O.[Mn].[V]. The van der Waals surface area contributed by atoms with E-state index in [1.54, 1.807) is 0 Å². The topological polar surface area (TPSA) is 156 Å². The summed E-state index contributed by atoms with van der Waals surface area (Å²) in [6.45, 7) is 0. The minimum Gasteiger partial charge on any atom is -0.303 e. The van der Waals surface area contributed by atoms with Gasteiger partial charge >= 0.3 is 15.6 Å². The van der Waals surface area contributed by atoms with Gasteiger partial charge in [-0.25, -0.2) is 9.13 Å². The molecule has 0 saturated heterocycles. The van der Waals surface area contributed by atoms with Gasteiger partial charge in [0.2, 0.25) is 0 Å². The summed E-state index contributed by atoms with van der Waals surface area (Å²) in [4.78, 5) is 43.1. The molecule has 0 aliphatic rings. The Hall–Kier alpha value is 1.32. The van der Waals surface area contributed by atoms with Gasteiger partial charge in [0, 0.05) is 35.6 Å². The first-order chi connectivity index (χ1) is 4.00. The maximum absolute atomic E-state index is 8.88. The smallest absolute Gasteiger partial charge is 0.303 e. The molecule has 0 unspecified atom stereocenters. The molecule has 0 heterocycles. The van der Waals surface area contributed by atoms with E-state index >= 15 is 0 Å². The molecule has 6 N–H and O–H groups in total. The quantitative estimate of drug-likeness (QED) is 0.225. The predicted molar refractivity (Wildman–Crippen MR) is 28.5 cm³/mol. The van der Waals surface area contributed by atoms with Crippen molar-refractivity contribution in [2.75, 3.05) is 0 Å². The van der Waals surface area contributed by atoms with Gasteiger partial charge < -0.3 is 29.4 Å². The molecule has 0 bridgehead atoms. The maximum atomic E-state index is 8.88. The molecule has 12 heavy (non-hydrogen) atoms. The van der Waals surface area contributed by atoms with Crippen LogP contribution in [0.1, 0.15) is 0 Å². The first kappa shape index (κ1) is 23.3. The Bertz CT molecular complexity index is 129. The molecule has 0 saturated carbocycles. The summed E-state index contributed by atoms with van der Waals surface area (Å²) in [5, 5.41) is 0. The molecule has 0 fully saturated rings. The summed E-state index contributed by atoms with van der Waals surface area (Å²) >= 11 is 0. The van der Waals surface area contributed by atoms with Gasteiger partial charge in [0.25, 0.3) is 0 Å². The first-order valence-corrected chi connectivity index (χ1v) is 4.70. The van der Waals surface area contributed by atoms with Gasteiger partial charge in [-0.2, -0.15) is 0 Å². The van der Waals surface area contributed by atoms with E-state index in [1.807, 2.05) is 0 Å². The van der Waals surface area contributed by atoms with Crippen LogP contribution in [0.5, 0.6) is 0 Å². The Morgan fingerprint density at radius 3 is 0.667 bits per heavy atom. The summed E-state index contributed by atoms with van der Waals surface area (Å²) in [5.41, 5.74) is 0. The van der Waals surface area contributed by atoms with Crippen molar-refractivity contribution in [3.8, 4) is 0 Å². The second-order valence-corrected chi connectivity index (χ2v) is 3.08. The molecule has 0 rings (SSSR count).